The predicted molar refractivity (Wildman–Crippen MR) is 106 cm³/mol. The number of benzene rings is 1. The van der Waals surface area contributed by atoms with Crippen LogP contribution in [-0.4, -0.2) is 46.1 Å². The first-order valence-electron chi connectivity index (χ1n) is 9.24. The molecule has 1 fully saturated rings. The first-order valence-corrected chi connectivity index (χ1v) is 10.6. The van der Waals surface area contributed by atoms with E-state index in [2.05, 4.69) is 11.6 Å². The molecule has 1 aromatic carbocycles. The number of hydrogen-bond donors (Lipinski definition) is 0. The molecular formula is C20H27NO6S. The largest absolute Gasteiger partial charge is 0.481 e. The lowest BCUT2D eigenvalue weighted by Crippen LogP contribution is -2.26. The molecule has 2 rings (SSSR count). The summed E-state index contributed by atoms with van der Waals surface area (Å²) in [6.45, 7) is 7.08. The van der Waals surface area contributed by atoms with Gasteiger partial charge in [-0.15, -0.1) is 0 Å². The van der Waals surface area contributed by atoms with Crippen molar-refractivity contribution in [3.05, 3.63) is 42.0 Å². The molecular weight excluding hydrogens is 382 g/mol. The van der Waals surface area contributed by atoms with Gasteiger partial charge in [-0.2, -0.15) is 8.42 Å². The van der Waals surface area contributed by atoms with Crippen molar-refractivity contribution in [3.63, 3.8) is 0 Å². The number of carbonyl (C=O) groups excluding carboxylic acids is 1. The Kier molecular flexibility index (Phi) is 8.19. The number of aryl methyl sites for hydroxylation is 1. The van der Waals surface area contributed by atoms with Crippen molar-refractivity contribution in [2.45, 2.75) is 56.6 Å². The Balaban J connectivity index is 1.63. The van der Waals surface area contributed by atoms with Crippen LogP contribution in [0.3, 0.4) is 0 Å². The molecule has 0 aliphatic heterocycles. The number of rotatable bonds is 9. The highest BCUT2D eigenvalue weighted by molar-refractivity contribution is 7.86. The van der Waals surface area contributed by atoms with Gasteiger partial charge in [0.2, 0.25) is 0 Å². The second-order valence-electron chi connectivity index (χ2n) is 6.83. The molecule has 0 atom stereocenters. The van der Waals surface area contributed by atoms with E-state index >= 15 is 0 Å². The maximum Gasteiger partial charge on any atom is 0.333 e. The standard InChI is InChI=1S/C20H27NO6S/c1-15(2)20(22)27-18-8-6-17(7-9-18)21-14-25-12-13-26-28(23,24)19-10-4-16(3)5-11-19/h4-5,10-11,14,17-18H,1,6-9,12-13H2,2-3H3/b21-14-. The van der Waals surface area contributed by atoms with Crippen LogP contribution >= 0.6 is 0 Å². The molecule has 1 aromatic rings. The fourth-order valence-electron chi connectivity index (χ4n) is 2.71. The Bertz CT molecular complexity index is 792. The number of ether oxygens (including phenoxy) is 2. The maximum absolute atomic E-state index is 12.0. The Morgan fingerprint density at radius 1 is 1.18 bits per heavy atom. The zero-order chi connectivity index (χ0) is 20.6. The molecule has 0 heterocycles. The van der Waals surface area contributed by atoms with Crippen LogP contribution < -0.4 is 0 Å². The van der Waals surface area contributed by atoms with Crippen molar-refractivity contribution >= 4 is 22.5 Å². The van der Waals surface area contributed by atoms with Crippen LogP contribution in [0.25, 0.3) is 0 Å². The highest BCUT2D eigenvalue weighted by atomic mass is 32.2. The van der Waals surface area contributed by atoms with Crippen LogP contribution in [0.1, 0.15) is 38.2 Å². The molecule has 0 spiro atoms. The minimum absolute atomic E-state index is 0.0835. The third-order valence-electron chi connectivity index (χ3n) is 4.36. The molecule has 0 amide bonds. The van der Waals surface area contributed by atoms with E-state index in [0.29, 0.717) is 5.57 Å². The normalized spacial score (nSPS) is 20.1. The van der Waals surface area contributed by atoms with E-state index in [9.17, 15) is 13.2 Å². The summed E-state index contributed by atoms with van der Waals surface area (Å²) in [7, 11) is -3.78. The highest BCUT2D eigenvalue weighted by Gasteiger charge is 2.23. The molecule has 8 heteroatoms. The van der Waals surface area contributed by atoms with Crippen LogP contribution in [-0.2, 0) is 28.6 Å². The van der Waals surface area contributed by atoms with Gasteiger partial charge in [-0.3, -0.25) is 9.18 Å². The first kappa shape index (κ1) is 22.1. The second kappa shape index (κ2) is 10.4. The predicted octanol–water partition coefficient (Wildman–Crippen LogP) is 3.18. The maximum atomic E-state index is 12.0. The molecule has 1 saturated carbocycles. The highest BCUT2D eigenvalue weighted by Crippen LogP contribution is 2.24. The van der Waals surface area contributed by atoms with E-state index in [1.807, 2.05) is 6.92 Å². The Labute approximate surface area is 166 Å². The summed E-state index contributed by atoms with van der Waals surface area (Å²) in [6.07, 6.45) is 4.35. The van der Waals surface area contributed by atoms with Crippen molar-refractivity contribution in [3.8, 4) is 0 Å². The van der Waals surface area contributed by atoms with Crippen molar-refractivity contribution < 1.29 is 26.9 Å². The summed E-state index contributed by atoms with van der Waals surface area (Å²) in [6, 6.07) is 6.56. The average molecular weight is 410 g/mol. The third kappa shape index (κ3) is 7.09. The summed E-state index contributed by atoms with van der Waals surface area (Å²) < 4.78 is 39.6. The summed E-state index contributed by atoms with van der Waals surface area (Å²) in [5.41, 5.74) is 1.38. The lowest BCUT2D eigenvalue weighted by molar-refractivity contribution is -0.145. The smallest absolute Gasteiger partial charge is 0.333 e. The van der Waals surface area contributed by atoms with E-state index in [4.69, 9.17) is 13.7 Å². The number of nitrogens with zero attached hydrogens (tertiary/aromatic N) is 1. The van der Waals surface area contributed by atoms with Gasteiger partial charge in [0.25, 0.3) is 10.1 Å². The fraction of sp³-hybridized carbons (Fsp3) is 0.500. The van der Waals surface area contributed by atoms with Gasteiger partial charge < -0.3 is 9.47 Å². The molecule has 28 heavy (non-hydrogen) atoms. The molecule has 0 saturated heterocycles. The lowest BCUT2D eigenvalue weighted by atomic mass is 9.93. The van der Waals surface area contributed by atoms with Crippen LogP contribution in [0.2, 0.25) is 0 Å². The zero-order valence-electron chi connectivity index (χ0n) is 16.3. The van der Waals surface area contributed by atoms with Gasteiger partial charge in [0, 0.05) is 5.57 Å². The van der Waals surface area contributed by atoms with E-state index < -0.39 is 10.1 Å². The van der Waals surface area contributed by atoms with Crippen LogP contribution in [0.5, 0.6) is 0 Å². The molecule has 0 N–H and O–H groups in total. The number of hydrogen-bond acceptors (Lipinski definition) is 7. The van der Waals surface area contributed by atoms with Gasteiger partial charge >= 0.3 is 5.97 Å². The molecule has 7 nitrogen and oxygen atoms in total. The number of aliphatic imine (C=N–C) groups is 1. The van der Waals surface area contributed by atoms with Gasteiger partial charge in [-0.1, -0.05) is 24.3 Å². The molecule has 1 aliphatic carbocycles. The molecule has 0 aromatic heterocycles. The van der Waals surface area contributed by atoms with Crippen molar-refractivity contribution in [1.29, 1.82) is 0 Å². The van der Waals surface area contributed by atoms with Crippen molar-refractivity contribution in [2.75, 3.05) is 13.2 Å². The topological polar surface area (TPSA) is 91.3 Å². The zero-order valence-corrected chi connectivity index (χ0v) is 17.1. The van der Waals surface area contributed by atoms with E-state index in [1.165, 1.54) is 18.5 Å². The summed E-state index contributed by atoms with van der Waals surface area (Å²) in [5, 5.41) is 0. The number of carbonyl (C=O) groups is 1. The van der Waals surface area contributed by atoms with Gasteiger partial charge in [0.05, 0.1) is 10.9 Å². The summed E-state index contributed by atoms with van der Waals surface area (Å²) >= 11 is 0. The number of esters is 1. The third-order valence-corrected chi connectivity index (χ3v) is 5.69. The van der Waals surface area contributed by atoms with Crippen LogP contribution in [0.4, 0.5) is 0 Å². The van der Waals surface area contributed by atoms with Crippen LogP contribution in [0.15, 0.2) is 46.3 Å². The average Bonchev–Trinajstić information content (AvgIpc) is 2.66. The van der Waals surface area contributed by atoms with E-state index in [0.717, 1.165) is 31.2 Å². The van der Waals surface area contributed by atoms with E-state index in [-0.39, 0.29) is 36.2 Å². The van der Waals surface area contributed by atoms with Gasteiger partial charge in [-0.25, -0.2) is 4.79 Å². The van der Waals surface area contributed by atoms with Gasteiger partial charge in [-0.05, 0) is 51.7 Å². The molecule has 154 valence electrons. The molecule has 0 unspecified atom stereocenters. The summed E-state index contributed by atoms with van der Waals surface area (Å²) in [5.74, 6) is -0.351. The van der Waals surface area contributed by atoms with Gasteiger partial charge in [0.15, 0.2) is 6.40 Å². The SMILES string of the molecule is C=C(C)C(=O)OC1CCC(/N=C\OCCOS(=O)(=O)c2ccc(C)cc2)CC1. The fourth-order valence-corrected chi connectivity index (χ4v) is 3.60. The van der Waals surface area contributed by atoms with Crippen molar-refractivity contribution in [2.24, 2.45) is 4.99 Å². The Hall–Kier alpha value is -2.19. The Morgan fingerprint density at radius 2 is 1.82 bits per heavy atom. The molecule has 1 aliphatic rings. The van der Waals surface area contributed by atoms with Crippen molar-refractivity contribution in [1.82, 2.24) is 0 Å². The monoisotopic (exact) mass is 409 g/mol. The quantitative estimate of drug-likeness (QED) is 0.155. The molecule has 0 bridgehead atoms. The van der Waals surface area contributed by atoms with Gasteiger partial charge in [0.1, 0.15) is 19.3 Å². The first-order chi connectivity index (χ1) is 13.3. The lowest BCUT2D eigenvalue weighted by Gasteiger charge is -2.25. The minimum Gasteiger partial charge on any atom is -0.481 e. The summed E-state index contributed by atoms with van der Waals surface area (Å²) in [4.78, 5) is 16.0. The second-order valence-corrected chi connectivity index (χ2v) is 8.45. The minimum atomic E-state index is -3.78. The van der Waals surface area contributed by atoms with Crippen LogP contribution in [0, 0.1) is 6.92 Å². The Morgan fingerprint density at radius 3 is 2.43 bits per heavy atom. The molecule has 0 radical (unpaired) electrons. The van der Waals surface area contributed by atoms with E-state index in [1.54, 1.807) is 19.1 Å².